The van der Waals surface area contributed by atoms with Crippen LogP contribution in [0.5, 0.6) is 0 Å². The molecule has 0 aromatic heterocycles. The summed E-state index contributed by atoms with van der Waals surface area (Å²) < 4.78 is 0. The standard InChI is InChI=1S/C13H10N4/c1-10(6-14)12-2-4-13(5-3-12)17-9-11(7-15)8-16/h2-5,9-10,17H,1H3. The zero-order valence-electron chi connectivity index (χ0n) is 9.31. The van der Waals surface area contributed by atoms with Gasteiger partial charge in [-0.15, -0.1) is 0 Å². The van der Waals surface area contributed by atoms with Gasteiger partial charge in [-0.1, -0.05) is 12.1 Å². The summed E-state index contributed by atoms with van der Waals surface area (Å²) in [5, 5.41) is 28.7. The van der Waals surface area contributed by atoms with E-state index < -0.39 is 0 Å². The minimum atomic E-state index is -0.145. The minimum Gasteiger partial charge on any atom is -0.360 e. The van der Waals surface area contributed by atoms with E-state index in [0.29, 0.717) is 0 Å². The Labute approximate surface area is 100 Å². The van der Waals surface area contributed by atoms with Gasteiger partial charge in [-0.2, -0.15) is 15.8 Å². The highest BCUT2D eigenvalue weighted by Gasteiger charge is 2.02. The van der Waals surface area contributed by atoms with E-state index in [2.05, 4.69) is 11.4 Å². The van der Waals surface area contributed by atoms with Crippen molar-refractivity contribution in [3.63, 3.8) is 0 Å². The lowest BCUT2D eigenvalue weighted by Gasteiger charge is -2.04. The van der Waals surface area contributed by atoms with Crippen LogP contribution in [0.2, 0.25) is 0 Å². The van der Waals surface area contributed by atoms with Gasteiger partial charge in [0.2, 0.25) is 0 Å². The van der Waals surface area contributed by atoms with Crippen LogP contribution in [0.15, 0.2) is 36.0 Å². The lowest BCUT2D eigenvalue weighted by Crippen LogP contribution is -1.92. The van der Waals surface area contributed by atoms with Crippen molar-refractivity contribution < 1.29 is 0 Å². The van der Waals surface area contributed by atoms with Crippen molar-refractivity contribution in [2.45, 2.75) is 12.8 Å². The zero-order chi connectivity index (χ0) is 12.7. The predicted octanol–water partition coefficient (Wildman–Crippen LogP) is 2.66. The SMILES string of the molecule is CC(C#N)c1ccc(NC=C(C#N)C#N)cc1. The summed E-state index contributed by atoms with van der Waals surface area (Å²) in [5.41, 5.74) is 1.71. The summed E-state index contributed by atoms with van der Waals surface area (Å²) in [4.78, 5) is 0. The van der Waals surface area contributed by atoms with Crippen LogP contribution in [0.4, 0.5) is 5.69 Å². The molecule has 0 fully saturated rings. The van der Waals surface area contributed by atoms with Gasteiger partial charge in [0.1, 0.15) is 17.7 Å². The first-order valence-electron chi connectivity index (χ1n) is 4.97. The minimum absolute atomic E-state index is 0.0134. The maximum atomic E-state index is 8.75. The van der Waals surface area contributed by atoms with Gasteiger partial charge in [-0.25, -0.2) is 0 Å². The quantitative estimate of drug-likeness (QED) is 0.797. The monoisotopic (exact) mass is 222 g/mol. The van der Waals surface area contributed by atoms with E-state index in [9.17, 15) is 0 Å². The fourth-order valence-corrected chi connectivity index (χ4v) is 1.19. The molecule has 1 aromatic carbocycles. The smallest absolute Gasteiger partial charge is 0.145 e. The molecular formula is C13H10N4. The van der Waals surface area contributed by atoms with Crippen LogP contribution in [-0.4, -0.2) is 0 Å². The number of nitrogens with zero attached hydrogens (tertiary/aromatic N) is 3. The molecule has 0 aliphatic heterocycles. The fraction of sp³-hybridized carbons (Fsp3) is 0.154. The second-order valence-corrected chi connectivity index (χ2v) is 3.40. The normalized spacial score (nSPS) is 10.2. The first-order chi connectivity index (χ1) is 8.21. The van der Waals surface area contributed by atoms with Crippen LogP contribution in [0.25, 0.3) is 0 Å². The van der Waals surface area contributed by atoms with Crippen LogP contribution in [0.1, 0.15) is 18.4 Å². The van der Waals surface area contributed by atoms with Gasteiger partial charge in [-0.3, -0.25) is 0 Å². The zero-order valence-corrected chi connectivity index (χ0v) is 9.31. The number of nitrogens with one attached hydrogen (secondary N) is 1. The number of anilines is 1. The molecule has 0 bridgehead atoms. The molecule has 4 heteroatoms. The molecule has 0 radical (unpaired) electrons. The van der Waals surface area contributed by atoms with Crippen LogP contribution in [-0.2, 0) is 0 Å². The average Bonchev–Trinajstić information content (AvgIpc) is 2.39. The fourth-order valence-electron chi connectivity index (χ4n) is 1.19. The Morgan fingerprint density at radius 3 is 2.24 bits per heavy atom. The first kappa shape index (κ1) is 12.3. The summed E-state index contributed by atoms with van der Waals surface area (Å²) in [5.74, 6) is -0.145. The summed E-state index contributed by atoms with van der Waals surface area (Å²) in [6, 6.07) is 12.9. The highest BCUT2D eigenvalue weighted by atomic mass is 14.8. The van der Waals surface area contributed by atoms with Crippen molar-refractivity contribution in [3.05, 3.63) is 41.6 Å². The Hall–Kier alpha value is -2.77. The van der Waals surface area contributed by atoms with Crippen LogP contribution < -0.4 is 5.32 Å². The molecule has 4 nitrogen and oxygen atoms in total. The van der Waals surface area contributed by atoms with Gasteiger partial charge in [0.25, 0.3) is 0 Å². The maximum Gasteiger partial charge on any atom is 0.145 e. The van der Waals surface area contributed by atoms with Crippen LogP contribution >= 0.6 is 0 Å². The van der Waals surface area contributed by atoms with Crippen molar-refractivity contribution in [2.75, 3.05) is 5.32 Å². The molecule has 17 heavy (non-hydrogen) atoms. The molecule has 0 heterocycles. The molecule has 1 N–H and O–H groups in total. The molecule has 0 spiro atoms. The third-order valence-corrected chi connectivity index (χ3v) is 2.23. The summed E-state index contributed by atoms with van der Waals surface area (Å²) in [7, 11) is 0. The summed E-state index contributed by atoms with van der Waals surface area (Å²) in [6.45, 7) is 1.83. The molecule has 1 atom stereocenters. The molecule has 0 saturated heterocycles. The molecule has 1 rings (SSSR count). The van der Waals surface area contributed by atoms with Gasteiger partial charge >= 0.3 is 0 Å². The van der Waals surface area contributed by atoms with E-state index in [1.807, 2.05) is 19.1 Å². The number of allylic oxidation sites excluding steroid dienone is 1. The lowest BCUT2D eigenvalue weighted by molar-refractivity contribution is 0.982. The van der Waals surface area contributed by atoms with Gasteiger partial charge in [0.05, 0.1) is 12.0 Å². The molecule has 0 saturated carbocycles. The van der Waals surface area contributed by atoms with Crippen molar-refractivity contribution in [1.82, 2.24) is 0 Å². The van der Waals surface area contributed by atoms with Crippen molar-refractivity contribution >= 4 is 5.69 Å². The number of rotatable bonds is 3. The number of benzene rings is 1. The molecule has 0 aliphatic carbocycles. The topological polar surface area (TPSA) is 83.4 Å². The van der Waals surface area contributed by atoms with Crippen LogP contribution in [0.3, 0.4) is 0 Å². The second kappa shape index (κ2) is 5.95. The van der Waals surface area contributed by atoms with E-state index in [1.54, 1.807) is 24.3 Å². The number of nitriles is 3. The second-order valence-electron chi connectivity index (χ2n) is 3.40. The van der Waals surface area contributed by atoms with E-state index in [0.717, 1.165) is 11.3 Å². The average molecular weight is 222 g/mol. The number of hydrogen-bond donors (Lipinski definition) is 1. The number of hydrogen-bond acceptors (Lipinski definition) is 4. The molecule has 0 aliphatic rings. The van der Waals surface area contributed by atoms with Gasteiger partial charge < -0.3 is 5.32 Å². The predicted molar refractivity (Wildman–Crippen MR) is 63.4 cm³/mol. The summed E-state index contributed by atoms with van der Waals surface area (Å²) in [6.07, 6.45) is 1.35. The van der Waals surface area contributed by atoms with E-state index in [4.69, 9.17) is 15.8 Å². The molecule has 1 aromatic rings. The first-order valence-corrected chi connectivity index (χ1v) is 4.97. The Bertz CT molecular complexity index is 519. The molecule has 1 unspecified atom stereocenters. The summed E-state index contributed by atoms with van der Waals surface area (Å²) >= 11 is 0. The lowest BCUT2D eigenvalue weighted by atomic mass is 10.0. The Morgan fingerprint density at radius 1 is 1.18 bits per heavy atom. The van der Waals surface area contributed by atoms with Crippen molar-refractivity contribution in [3.8, 4) is 18.2 Å². The highest BCUT2D eigenvalue weighted by molar-refractivity contribution is 5.50. The van der Waals surface area contributed by atoms with Gasteiger partial charge in [0, 0.05) is 11.9 Å². The van der Waals surface area contributed by atoms with E-state index >= 15 is 0 Å². The van der Waals surface area contributed by atoms with E-state index in [1.165, 1.54) is 6.20 Å². The largest absolute Gasteiger partial charge is 0.360 e. The third kappa shape index (κ3) is 3.38. The Morgan fingerprint density at radius 2 is 1.76 bits per heavy atom. The van der Waals surface area contributed by atoms with Crippen molar-refractivity contribution in [2.24, 2.45) is 0 Å². The Kier molecular flexibility index (Phi) is 4.31. The molecular weight excluding hydrogens is 212 g/mol. The highest BCUT2D eigenvalue weighted by Crippen LogP contribution is 2.17. The van der Waals surface area contributed by atoms with Crippen molar-refractivity contribution in [1.29, 1.82) is 15.8 Å². The molecule has 0 amide bonds. The maximum absolute atomic E-state index is 8.75. The van der Waals surface area contributed by atoms with Gasteiger partial charge in [0.15, 0.2) is 0 Å². The Balaban J connectivity index is 2.78. The van der Waals surface area contributed by atoms with Gasteiger partial charge in [-0.05, 0) is 24.6 Å². The van der Waals surface area contributed by atoms with E-state index in [-0.39, 0.29) is 11.5 Å². The third-order valence-electron chi connectivity index (χ3n) is 2.23. The molecule has 82 valence electrons. The van der Waals surface area contributed by atoms with Crippen LogP contribution in [0, 0.1) is 34.0 Å².